The van der Waals surface area contributed by atoms with Gasteiger partial charge in [-0.25, -0.2) is 4.79 Å². The number of benzene rings is 1. The second kappa shape index (κ2) is 11.0. The average Bonchev–Trinajstić information content (AvgIpc) is 3.43. The Morgan fingerprint density at radius 1 is 1.09 bits per heavy atom. The third kappa shape index (κ3) is 5.28. The van der Waals surface area contributed by atoms with Gasteiger partial charge in [0.05, 0.1) is 32.6 Å². The van der Waals surface area contributed by atoms with Crippen molar-refractivity contribution in [3.8, 4) is 0 Å². The van der Waals surface area contributed by atoms with Gasteiger partial charge >= 0.3 is 5.97 Å². The molecule has 0 saturated carbocycles. The Bertz CT molecular complexity index is 1150. The number of carbonyl (C=O) groups excluding carboxylic acids is 3. The minimum atomic E-state index is -0.816. The highest BCUT2D eigenvalue weighted by atomic mass is 16.5. The van der Waals surface area contributed by atoms with Crippen LogP contribution < -0.4 is 0 Å². The lowest BCUT2D eigenvalue weighted by molar-refractivity contribution is -0.138. The number of ketones is 1. The van der Waals surface area contributed by atoms with E-state index in [2.05, 4.69) is 0 Å². The quantitative estimate of drug-likeness (QED) is 0.333. The molecule has 3 rings (SSSR count). The third-order valence-corrected chi connectivity index (χ3v) is 5.97. The normalized spacial score (nSPS) is 11.8. The van der Waals surface area contributed by atoms with Crippen LogP contribution in [-0.4, -0.2) is 46.9 Å². The molecule has 2 aromatic heterocycles. The number of rotatable bonds is 10. The molecule has 8 nitrogen and oxygen atoms in total. The van der Waals surface area contributed by atoms with Gasteiger partial charge in [0.25, 0.3) is 0 Å². The van der Waals surface area contributed by atoms with Crippen LogP contribution in [0, 0.1) is 13.8 Å². The van der Waals surface area contributed by atoms with E-state index in [1.807, 2.05) is 30.3 Å². The minimum Gasteiger partial charge on any atom is -0.467 e. The van der Waals surface area contributed by atoms with Gasteiger partial charge in [0.2, 0.25) is 5.91 Å². The Hall–Kier alpha value is -3.65. The molecule has 2 heterocycles. The average molecular weight is 467 g/mol. The van der Waals surface area contributed by atoms with Crippen LogP contribution in [0.15, 0.2) is 53.1 Å². The van der Waals surface area contributed by atoms with Crippen molar-refractivity contribution in [3.63, 3.8) is 0 Å². The van der Waals surface area contributed by atoms with Crippen molar-refractivity contribution in [1.29, 1.82) is 0 Å². The van der Waals surface area contributed by atoms with Crippen LogP contribution >= 0.6 is 0 Å². The molecule has 8 heteroatoms. The maximum Gasteiger partial charge on any atom is 0.354 e. The first-order valence-corrected chi connectivity index (χ1v) is 11.0. The third-order valence-electron chi connectivity index (χ3n) is 5.97. The number of hydrogen-bond acceptors (Lipinski definition) is 6. The highest BCUT2D eigenvalue weighted by Gasteiger charge is 2.32. The molecule has 0 aliphatic heterocycles. The summed E-state index contributed by atoms with van der Waals surface area (Å²) in [7, 11) is 3.01. The second-order valence-electron chi connectivity index (χ2n) is 8.10. The molecule has 1 atom stereocenters. The number of methoxy groups -OCH3 is 1. The Morgan fingerprint density at radius 2 is 1.79 bits per heavy atom. The Labute approximate surface area is 199 Å². The predicted molar refractivity (Wildman–Crippen MR) is 125 cm³/mol. The fourth-order valence-electron chi connectivity index (χ4n) is 4.00. The molecular weight excluding hydrogens is 436 g/mol. The van der Waals surface area contributed by atoms with Crippen molar-refractivity contribution in [2.75, 3.05) is 13.7 Å². The lowest BCUT2D eigenvalue weighted by Crippen LogP contribution is -2.44. The number of esters is 1. The van der Waals surface area contributed by atoms with Crippen LogP contribution in [0.2, 0.25) is 0 Å². The van der Waals surface area contributed by atoms with E-state index >= 15 is 0 Å². The molecule has 180 valence electrons. The lowest BCUT2D eigenvalue weighted by atomic mass is 9.99. The zero-order chi connectivity index (χ0) is 24.8. The Morgan fingerprint density at radius 3 is 2.41 bits per heavy atom. The number of ether oxygens (including phenoxy) is 2. The molecule has 0 fully saturated rings. The SMILES string of the molecule is COC(=O)c1c(C)c(C(=O)C(C)N(Cc2ccco2)C(=O)COCc2ccccc2)c(C)n1C. The summed E-state index contributed by atoms with van der Waals surface area (Å²) in [5.74, 6) is -0.586. The van der Waals surface area contributed by atoms with Crippen LogP contribution in [0.3, 0.4) is 0 Å². The molecule has 34 heavy (non-hydrogen) atoms. The molecule has 0 saturated heterocycles. The zero-order valence-electron chi connectivity index (χ0n) is 20.2. The summed E-state index contributed by atoms with van der Waals surface area (Å²) in [5.41, 5.74) is 2.81. The first kappa shape index (κ1) is 25.0. The van der Waals surface area contributed by atoms with Crippen LogP contribution in [0.25, 0.3) is 0 Å². The van der Waals surface area contributed by atoms with Gasteiger partial charge in [0.15, 0.2) is 5.78 Å². The first-order chi connectivity index (χ1) is 16.3. The highest BCUT2D eigenvalue weighted by molar-refractivity contribution is 6.06. The fraction of sp³-hybridized carbons (Fsp3) is 0.346. The molecule has 3 aromatic rings. The molecule has 1 amide bonds. The number of furan rings is 1. The molecule has 1 unspecified atom stereocenters. The molecular formula is C26H30N2O6. The van der Waals surface area contributed by atoms with E-state index < -0.39 is 12.0 Å². The first-order valence-electron chi connectivity index (χ1n) is 11.0. The van der Waals surface area contributed by atoms with Gasteiger partial charge in [0, 0.05) is 18.3 Å². The largest absolute Gasteiger partial charge is 0.467 e. The summed E-state index contributed by atoms with van der Waals surface area (Å²) in [6.07, 6.45) is 1.52. The summed E-state index contributed by atoms with van der Waals surface area (Å²) in [6, 6.07) is 12.2. The van der Waals surface area contributed by atoms with Crippen molar-refractivity contribution in [2.45, 2.75) is 40.0 Å². The second-order valence-corrected chi connectivity index (χ2v) is 8.10. The van der Waals surface area contributed by atoms with Crippen molar-refractivity contribution in [1.82, 2.24) is 9.47 Å². The molecule has 0 bridgehead atoms. The predicted octanol–water partition coefficient (Wildman–Crippen LogP) is 3.84. The van der Waals surface area contributed by atoms with E-state index in [4.69, 9.17) is 13.9 Å². The summed E-state index contributed by atoms with van der Waals surface area (Å²) >= 11 is 0. The molecule has 0 N–H and O–H groups in total. The van der Waals surface area contributed by atoms with Crippen LogP contribution in [0.4, 0.5) is 0 Å². The molecule has 0 aliphatic carbocycles. The number of hydrogen-bond donors (Lipinski definition) is 0. The van der Waals surface area contributed by atoms with Crippen molar-refractivity contribution < 1.29 is 28.3 Å². The fourth-order valence-corrected chi connectivity index (χ4v) is 4.00. The van der Waals surface area contributed by atoms with Crippen molar-refractivity contribution in [3.05, 3.63) is 82.6 Å². The van der Waals surface area contributed by atoms with E-state index in [0.29, 0.717) is 28.3 Å². The van der Waals surface area contributed by atoms with E-state index in [0.717, 1.165) is 5.56 Å². The van der Waals surface area contributed by atoms with Crippen molar-refractivity contribution in [2.24, 2.45) is 7.05 Å². The van der Waals surface area contributed by atoms with E-state index in [-0.39, 0.29) is 31.4 Å². The summed E-state index contributed by atoms with van der Waals surface area (Å²) in [5, 5.41) is 0. The topological polar surface area (TPSA) is 91.0 Å². The summed E-state index contributed by atoms with van der Waals surface area (Å²) in [4.78, 5) is 40.5. The molecule has 1 aromatic carbocycles. The van der Waals surface area contributed by atoms with Gasteiger partial charge in [-0.1, -0.05) is 30.3 Å². The number of aromatic nitrogens is 1. The summed E-state index contributed by atoms with van der Waals surface area (Å²) in [6.45, 7) is 5.35. The van der Waals surface area contributed by atoms with Gasteiger partial charge in [-0.3, -0.25) is 9.59 Å². The van der Waals surface area contributed by atoms with E-state index in [1.165, 1.54) is 18.3 Å². The molecule has 0 spiro atoms. The number of carbonyl (C=O) groups is 3. The lowest BCUT2D eigenvalue weighted by Gasteiger charge is -2.28. The van der Waals surface area contributed by atoms with Gasteiger partial charge in [-0.15, -0.1) is 0 Å². The number of nitrogens with zero attached hydrogens (tertiary/aromatic N) is 2. The smallest absolute Gasteiger partial charge is 0.354 e. The number of amides is 1. The monoisotopic (exact) mass is 466 g/mol. The van der Waals surface area contributed by atoms with Gasteiger partial charge in [-0.05, 0) is 44.0 Å². The van der Waals surface area contributed by atoms with Gasteiger partial charge in [-0.2, -0.15) is 0 Å². The molecule has 0 radical (unpaired) electrons. The standard InChI is InChI=1S/C26H30N2O6/c1-17-23(18(2)27(4)24(17)26(31)32-5)25(30)19(3)28(14-21-12-9-13-34-21)22(29)16-33-15-20-10-7-6-8-11-20/h6-13,19H,14-16H2,1-5H3. The van der Waals surface area contributed by atoms with Crippen LogP contribution in [0.5, 0.6) is 0 Å². The Balaban J connectivity index is 1.83. The highest BCUT2D eigenvalue weighted by Crippen LogP contribution is 2.25. The van der Waals surface area contributed by atoms with Gasteiger partial charge in [0.1, 0.15) is 18.1 Å². The van der Waals surface area contributed by atoms with Crippen LogP contribution in [-0.2, 0) is 34.5 Å². The van der Waals surface area contributed by atoms with E-state index in [1.54, 1.807) is 44.5 Å². The maximum atomic E-state index is 13.6. The number of Topliss-reactive ketones (excluding diaryl/α,β-unsaturated/α-hetero) is 1. The van der Waals surface area contributed by atoms with Crippen LogP contribution in [0.1, 0.15) is 50.4 Å². The van der Waals surface area contributed by atoms with Crippen molar-refractivity contribution >= 4 is 17.7 Å². The maximum absolute atomic E-state index is 13.6. The Kier molecular flexibility index (Phi) is 8.07. The minimum absolute atomic E-state index is 0.113. The zero-order valence-corrected chi connectivity index (χ0v) is 20.2. The van der Waals surface area contributed by atoms with E-state index in [9.17, 15) is 14.4 Å². The molecule has 0 aliphatic rings. The van der Waals surface area contributed by atoms with Gasteiger partial charge < -0.3 is 23.4 Å². The summed E-state index contributed by atoms with van der Waals surface area (Å²) < 4.78 is 17.6.